The van der Waals surface area contributed by atoms with Crippen LogP contribution in [0, 0.1) is 15.9 Å². The normalized spacial score (nSPS) is 23.1. The molecule has 1 fully saturated rings. The number of aliphatic hydroxyl groups excluding tert-OH is 1. The summed E-state index contributed by atoms with van der Waals surface area (Å²) in [6, 6.07) is 3.46. The first-order chi connectivity index (χ1) is 9.00. The minimum atomic E-state index is -0.630. The topological polar surface area (TPSA) is 66.6 Å². The molecule has 1 saturated carbocycles. The van der Waals surface area contributed by atoms with Crippen LogP contribution < -0.4 is 4.90 Å². The molecule has 2 rings (SSSR count). The van der Waals surface area contributed by atoms with Crippen molar-refractivity contribution >= 4 is 11.4 Å². The summed E-state index contributed by atoms with van der Waals surface area (Å²) in [5, 5.41) is 20.5. The number of nitrogens with zero attached hydrogens (tertiary/aromatic N) is 2. The van der Waals surface area contributed by atoms with Gasteiger partial charge < -0.3 is 10.0 Å². The number of nitro groups is 1. The van der Waals surface area contributed by atoms with Crippen molar-refractivity contribution in [2.45, 2.75) is 37.8 Å². The lowest BCUT2D eigenvalue weighted by molar-refractivity contribution is -0.385. The number of hydrogen-bond donors (Lipinski definition) is 1. The first-order valence-electron chi connectivity index (χ1n) is 6.35. The van der Waals surface area contributed by atoms with Crippen molar-refractivity contribution in [2.24, 2.45) is 0 Å². The molecule has 6 heteroatoms. The Balaban J connectivity index is 2.23. The fourth-order valence-electron chi connectivity index (χ4n) is 2.62. The van der Waals surface area contributed by atoms with E-state index in [0.717, 1.165) is 25.3 Å². The molecule has 1 aliphatic carbocycles. The third kappa shape index (κ3) is 2.84. The highest BCUT2D eigenvalue weighted by Gasteiger charge is 2.28. The highest BCUT2D eigenvalue weighted by atomic mass is 19.1. The molecule has 0 saturated heterocycles. The Kier molecular flexibility index (Phi) is 3.99. The van der Waals surface area contributed by atoms with Gasteiger partial charge in [-0.1, -0.05) is 12.8 Å². The quantitative estimate of drug-likeness (QED) is 0.675. The number of non-ortho nitro benzene ring substituents is 1. The average molecular weight is 268 g/mol. The summed E-state index contributed by atoms with van der Waals surface area (Å²) in [6.07, 6.45) is 3.01. The Hall–Kier alpha value is -1.69. The monoisotopic (exact) mass is 268 g/mol. The largest absolute Gasteiger partial charge is 0.391 e. The number of aliphatic hydroxyl groups is 1. The number of hydrogen-bond acceptors (Lipinski definition) is 4. The van der Waals surface area contributed by atoms with Gasteiger partial charge in [0.15, 0.2) is 5.82 Å². The third-order valence-electron chi connectivity index (χ3n) is 3.71. The van der Waals surface area contributed by atoms with Crippen LogP contribution in [0.3, 0.4) is 0 Å². The van der Waals surface area contributed by atoms with Crippen molar-refractivity contribution in [3.63, 3.8) is 0 Å². The van der Waals surface area contributed by atoms with Crippen LogP contribution in [0.5, 0.6) is 0 Å². The van der Waals surface area contributed by atoms with Gasteiger partial charge in [-0.3, -0.25) is 10.1 Å². The number of rotatable bonds is 3. The van der Waals surface area contributed by atoms with Gasteiger partial charge in [-0.2, -0.15) is 0 Å². The van der Waals surface area contributed by atoms with E-state index in [0.29, 0.717) is 6.42 Å². The number of anilines is 1. The summed E-state index contributed by atoms with van der Waals surface area (Å²) in [4.78, 5) is 11.6. The van der Waals surface area contributed by atoms with Gasteiger partial charge in [0.2, 0.25) is 0 Å². The smallest absolute Gasteiger partial charge is 0.272 e. The van der Waals surface area contributed by atoms with Crippen LogP contribution in [0.1, 0.15) is 25.7 Å². The zero-order valence-corrected chi connectivity index (χ0v) is 10.8. The predicted molar refractivity (Wildman–Crippen MR) is 69.7 cm³/mol. The molecule has 1 N–H and O–H groups in total. The van der Waals surface area contributed by atoms with Gasteiger partial charge in [0, 0.05) is 13.1 Å². The van der Waals surface area contributed by atoms with Crippen LogP contribution in [0.15, 0.2) is 18.2 Å². The maximum Gasteiger partial charge on any atom is 0.272 e. The van der Waals surface area contributed by atoms with E-state index in [1.807, 2.05) is 0 Å². The standard InChI is InChI=1S/C13H17FN2O3/c1-15(12-4-2-3-5-13(12)17)11-7-6-9(16(18)19)8-10(11)14/h6-8,12-13,17H,2-5H2,1H3. The van der Waals surface area contributed by atoms with Crippen LogP contribution >= 0.6 is 0 Å². The van der Waals surface area contributed by atoms with Crippen LogP contribution in [0.25, 0.3) is 0 Å². The third-order valence-corrected chi connectivity index (χ3v) is 3.71. The fourth-order valence-corrected chi connectivity index (χ4v) is 2.62. The molecular formula is C13H17FN2O3. The molecule has 1 aliphatic rings. The lowest BCUT2D eigenvalue weighted by atomic mass is 9.91. The zero-order chi connectivity index (χ0) is 14.0. The zero-order valence-electron chi connectivity index (χ0n) is 10.8. The van der Waals surface area contributed by atoms with Crippen molar-refractivity contribution in [1.29, 1.82) is 0 Å². The van der Waals surface area contributed by atoms with E-state index in [9.17, 15) is 19.6 Å². The first kappa shape index (κ1) is 13.7. The van der Waals surface area contributed by atoms with E-state index >= 15 is 0 Å². The minimum Gasteiger partial charge on any atom is -0.391 e. The number of nitro benzene ring substituents is 1. The van der Waals surface area contributed by atoms with Gasteiger partial charge in [-0.15, -0.1) is 0 Å². The van der Waals surface area contributed by atoms with Gasteiger partial charge >= 0.3 is 0 Å². The summed E-state index contributed by atoms with van der Waals surface area (Å²) in [6.45, 7) is 0. The Morgan fingerprint density at radius 1 is 1.42 bits per heavy atom. The molecule has 0 spiro atoms. The Labute approximate surface area is 110 Å². The molecule has 0 bridgehead atoms. The molecular weight excluding hydrogens is 251 g/mol. The lowest BCUT2D eigenvalue weighted by Gasteiger charge is -2.36. The molecule has 0 amide bonds. The van der Waals surface area contributed by atoms with Crippen molar-refractivity contribution in [3.8, 4) is 0 Å². The highest BCUT2D eigenvalue weighted by molar-refractivity contribution is 5.52. The summed E-state index contributed by atoms with van der Waals surface area (Å²) < 4.78 is 13.9. The molecule has 1 aromatic rings. The Morgan fingerprint density at radius 3 is 2.68 bits per heavy atom. The second-order valence-corrected chi connectivity index (χ2v) is 4.92. The molecule has 2 unspecified atom stereocenters. The SMILES string of the molecule is CN(c1ccc([N+](=O)[O-])cc1F)C1CCCCC1O. The van der Waals surface area contributed by atoms with E-state index in [2.05, 4.69) is 0 Å². The maximum absolute atomic E-state index is 13.9. The van der Waals surface area contributed by atoms with Crippen LogP contribution in [0.2, 0.25) is 0 Å². The fraction of sp³-hybridized carbons (Fsp3) is 0.538. The van der Waals surface area contributed by atoms with E-state index in [1.165, 1.54) is 12.1 Å². The van der Waals surface area contributed by atoms with Crippen molar-refractivity contribution in [2.75, 3.05) is 11.9 Å². The Bertz CT molecular complexity index is 481. The van der Waals surface area contributed by atoms with Gasteiger partial charge in [0.05, 0.1) is 28.8 Å². The highest BCUT2D eigenvalue weighted by Crippen LogP contribution is 2.29. The molecule has 0 aromatic heterocycles. The van der Waals surface area contributed by atoms with E-state index < -0.39 is 16.8 Å². The predicted octanol–water partition coefficient (Wildman–Crippen LogP) is 2.47. The van der Waals surface area contributed by atoms with Gasteiger partial charge in [-0.25, -0.2) is 4.39 Å². The second-order valence-electron chi connectivity index (χ2n) is 4.92. The average Bonchev–Trinajstić information content (AvgIpc) is 2.38. The van der Waals surface area contributed by atoms with E-state index in [1.54, 1.807) is 11.9 Å². The van der Waals surface area contributed by atoms with Crippen molar-refractivity contribution in [1.82, 2.24) is 0 Å². The summed E-state index contributed by atoms with van der Waals surface area (Å²) in [7, 11) is 1.71. The summed E-state index contributed by atoms with van der Waals surface area (Å²) >= 11 is 0. The first-order valence-corrected chi connectivity index (χ1v) is 6.35. The lowest BCUT2D eigenvalue weighted by Crippen LogP contribution is -2.43. The molecule has 5 nitrogen and oxygen atoms in total. The summed E-state index contributed by atoms with van der Waals surface area (Å²) in [5.74, 6) is -0.630. The molecule has 0 radical (unpaired) electrons. The van der Waals surface area contributed by atoms with Gasteiger partial charge in [0.25, 0.3) is 5.69 Å². The van der Waals surface area contributed by atoms with Crippen LogP contribution in [0.4, 0.5) is 15.8 Å². The van der Waals surface area contributed by atoms with Crippen LogP contribution in [-0.2, 0) is 0 Å². The van der Waals surface area contributed by atoms with Gasteiger partial charge in [0.1, 0.15) is 0 Å². The van der Waals surface area contributed by atoms with Crippen LogP contribution in [-0.4, -0.2) is 29.2 Å². The number of benzene rings is 1. The maximum atomic E-state index is 13.9. The van der Waals surface area contributed by atoms with Crippen molar-refractivity contribution < 1.29 is 14.4 Å². The van der Waals surface area contributed by atoms with Gasteiger partial charge in [-0.05, 0) is 18.9 Å². The molecule has 1 aromatic carbocycles. The number of likely N-dealkylation sites (N-methyl/N-ethyl adjacent to an activating group) is 1. The molecule has 2 atom stereocenters. The molecule has 104 valence electrons. The summed E-state index contributed by atoms with van der Waals surface area (Å²) in [5.41, 5.74) is 0.0235. The van der Waals surface area contributed by atoms with E-state index in [4.69, 9.17) is 0 Å². The molecule has 0 heterocycles. The van der Waals surface area contributed by atoms with Crippen molar-refractivity contribution in [3.05, 3.63) is 34.1 Å². The Morgan fingerprint density at radius 2 is 2.11 bits per heavy atom. The van der Waals surface area contributed by atoms with E-state index in [-0.39, 0.29) is 17.4 Å². The molecule has 19 heavy (non-hydrogen) atoms. The molecule has 0 aliphatic heterocycles. The number of halogens is 1. The second kappa shape index (κ2) is 5.52. The minimum absolute atomic E-state index is 0.135.